The average molecular weight is 238 g/mol. The first-order valence-electron chi connectivity index (χ1n) is 5.45. The van der Waals surface area contributed by atoms with Crippen molar-refractivity contribution in [3.63, 3.8) is 0 Å². The van der Waals surface area contributed by atoms with Gasteiger partial charge in [-0.25, -0.2) is 0 Å². The van der Waals surface area contributed by atoms with Crippen LogP contribution >= 0.6 is 0 Å². The molecule has 1 aromatic rings. The van der Waals surface area contributed by atoms with E-state index < -0.39 is 18.1 Å². The Morgan fingerprint density at radius 1 is 1.47 bits per heavy atom. The Morgan fingerprint density at radius 3 is 2.53 bits per heavy atom. The average Bonchev–Trinajstić information content (AvgIpc) is 2.36. The SMILES string of the molecule is CCON(C(=O)C(C)(N)CO)c1ccccc1. The molecule has 0 bridgehead atoms. The number of carbonyl (C=O) groups excluding carboxylic acids is 1. The van der Waals surface area contributed by atoms with Crippen molar-refractivity contribution < 1.29 is 14.7 Å². The fourth-order valence-electron chi connectivity index (χ4n) is 1.24. The van der Waals surface area contributed by atoms with Crippen molar-refractivity contribution in [2.75, 3.05) is 18.3 Å². The molecule has 0 fully saturated rings. The third-order valence-corrected chi connectivity index (χ3v) is 2.25. The Hall–Kier alpha value is -1.43. The molecule has 0 spiro atoms. The minimum Gasteiger partial charge on any atom is -0.394 e. The third kappa shape index (κ3) is 3.26. The zero-order chi connectivity index (χ0) is 12.9. The molecule has 17 heavy (non-hydrogen) atoms. The van der Waals surface area contributed by atoms with Gasteiger partial charge in [0, 0.05) is 0 Å². The molecule has 5 nitrogen and oxygen atoms in total. The molecule has 0 saturated carbocycles. The number of hydroxylamine groups is 1. The lowest BCUT2D eigenvalue weighted by molar-refractivity contribution is -0.131. The molecule has 0 aliphatic rings. The largest absolute Gasteiger partial charge is 0.394 e. The highest BCUT2D eigenvalue weighted by Gasteiger charge is 2.33. The summed E-state index contributed by atoms with van der Waals surface area (Å²) in [5, 5.41) is 10.2. The second-order valence-corrected chi connectivity index (χ2v) is 3.93. The van der Waals surface area contributed by atoms with Gasteiger partial charge in [-0.05, 0) is 26.0 Å². The van der Waals surface area contributed by atoms with E-state index in [2.05, 4.69) is 0 Å². The van der Waals surface area contributed by atoms with Crippen molar-refractivity contribution in [2.45, 2.75) is 19.4 Å². The maximum Gasteiger partial charge on any atom is 0.273 e. The number of rotatable bonds is 5. The molecule has 0 heterocycles. The Kier molecular flexibility index (Phi) is 4.62. The molecule has 1 aromatic carbocycles. The molecular formula is C12H18N2O3. The van der Waals surface area contributed by atoms with Crippen LogP contribution in [0, 0.1) is 0 Å². The van der Waals surface area contributed by atoms with Gasteiger partial charge in [0.25, 0.3) is 5.91 Å². The van der Waals surface area contributed by atoms with Crippen LogP contribution in [-0.4, -0.2) is 29.8 Å². The van der Waals surface area contributed by atoms with E-state index in [9.17, 15) is 4.79 Å². The van der Waals surface area contributed by atoms with Crippen molar-refractivity contribution in [1.82, 2.24) is 0 Å². The number of anilines is 1. The molecule has 0 saturated heterocycles. The zero-order valence-corrected chi connectivity index (χ0v) is 10.1. The van der Waals surface area contributed by atoms with E-state index in [1.165, 1.54) is 6.92 Å². The summed E-state index contributed by atoms with van der Waals surface area (Å²) in [7, 11) is 0. The molecule has 1 amide bonds. The number of hydrogen-bond acceptors (Lipinski definition) is 4. The number of benzene rings is 1. The Balaban J connectivity index is 2.98. The van der Waals surface area contributed by atoms with E-state index in [4.69, 9.17) is 15.7 Å². The highest BCUT2D eigenvalue weighted by molar-refractivity contribution is 5.98. The summed E-state index contributed by atoms with van der Waals surface area (Å²) in [5.41, 5.74) is 4.94. The Labute approximate surface area is 101 Å². The number of nitrogens with two attached hydrogens (primary N) is 1. The van der Waals surface area contributed by atoms with E-state index in [1.54, 1.807) is 31.2 Å². The smallest absolute Gasteiger partial charge is 0.273 e. The molecule has 1 atom stereocenters. The number of para-hydroxylation sites is 1. The Morgan fingerprint density at radius 2 is 2.06 bits per heavy atom. The van der Waals surface area contributed by atoms with Gasteiger partial charge in [-0.3, -0.25) is 9.63 Å². The molecule has 5 heteroatoms. The number of nitrogens with zero attached hydrogens (tertiary/aromatic N) is 1. The van der Waals surface area contributed by atoms with Gasteiger partial charge in [-0.2, -0.15) is 5.06 Å². The standard InChI is InChI=1S/C12H18N2O3/c1-3-17-14(10-7-5-4-6-8-10)11(16)12(2,13)9-15/h4-8,15H,3,9,13H2,1-2H3. The van der Waals surface area contributed by atoms with Crippen molar-refractivity contribution >= 4 is 11.6 Å². The zero-order valence-electron chi connectivity index (χ0n) is 10.1. The van der Waals surface area contributed by atoms with Crippen LogP contribution in [0.1, 0.15) is 13.8 Å². The normalized spacial score (nSPS) is 14.1. The summed E-state index contributed by atoms with van der Waals surface area (Å²) in [5.74, 6) is -0.479. The van der Waals surface area contributed by atoms with Gasteiger partial charge in [0.05, 0.1) is 18.9 Å². The van der Waals surface area contributed by atoms with Crippen LogP contribution in [0.2, 0.25) is 0 Å². The molecule has 1 rings (SSSR count). The quantitative estimate of drug-likeness (QED) is 0.740. The van der Waals surface area contributed by atoms with Crippen LogP contribution in [0.3, 0.4) is 0 Å². The first-order chi connectivity index (χ1) is 8.03. The van der Waals surface area contributed by atoms with Crippen molar-refractivity contribution in [3.8, 4) is 0 Å². The van der Waals surface area contributed by atoms with Gasteiger partial charge in [0.2, 0.25) is 0 Å². The lowest BCUT2D eigenvalue weighted by Gasteiger charge is -2.29. The molecule has 1 unspecified atom stereocenters. The monoisotopic (exact) mass is 238 g/mol. The predicted octanol–water partition coefficient (Wildman–Crippen LogP) is 0.681. The molecule has 94 valence electrons. The summed E-state index contributed by atoms with van der Waals surface area (Å²) in [6.07, 6.45) is 0. The predicted molar refractivity (Wildman–Crippen MR) is 65.2 cm³/mol. The number of hydrogen-bond donors (Lipinski definition) is 2. The summed E-state index contributed by atoms with van der Waals surface area (Å²) in [6.45, 7) is 3.13. The minimum absolute atomic E-state index is 0.335. The lowest BCUT2D eigenvalue weighted by atomic mass is 10.0. The molecule has 0 aliphatic carbocycles. The van der Waals surface area contributed by atoms with Crippen LogP contribution in [0.25, 0.3) is 0 Å². The van der Waals surface area contributed by atoms with Gasteiger partial charge in [-0.15, -0.1) is 0 Å². The minimum atomic E-state index is -1.36. The van der Waals surface area contributed by atoms with Gasteiger partial charge in [0.15, 0.2) is 0 Å². The van der Waals surface area contributed by atoms with Gasteiger partial charge < -0.3 is 10.8 Å². The fraction of sp³-hybridized carbons (Fsp3) is 0.417. The van der Waals surface area contributed by atoms with E-state index >= 15 is 0 Å². The lowest BCUT2D eigenvalue weighted by Crippen LogP contribution is -2.56. The highest BCUT2D eigenvalue weighted by Crippen LogP contribution is 2.17. The topological polar surface area (TPSA) is 75.8 Å². The van der Waals surface area contributed by atoms with Crippen molar-refractivity contribution in [1.29, 1.82) is 0 Å². The number of aliphatic hydroxyl groups is 1. The maximum atomic E-state index is 12.1. The summed E-state index contributed by atoms with van der Waals surface area (Å²) < 4.78 is 0. The van der Waals surface area contributed by atoms with Crippen LogP contribution in [0.15, 0.2) is 30.3 Å². The third-order valence-electron chi connectivity index (χ3n) is 2.25. The van der Waals surface area contributed by atoms with Crippen LogP contribution < -0.4 is 10.8 Å². The van der Waals surface area contributed by atoms with E-state index in [0.29, 0.717) is 12.3 Å². The summed E-state index contributed by atoms with van der Waals surface area (Å²) in [6, 6.07) is 8.90. The van der Waals surface area contributed by atoms with Gasteiger partial charge in [-0.1, -0.05) is 18.2 Å². The maximum absolute atomic E-state index is 12.1. The van der Waals surface area contributed by atoms with Crippen LogP contribution in [-0.2, 0) is 9.63 Å². The van der Waals surface area contributed by atoms with Crippen LogP contribution in [0.4, 0.5) is 5.69 Å². The van der Waals surface area contributed by atoms with E-state index in [0.717, 1.165) is 5.06 Å². The van der Waals surface area contributed by atoms with Crippen molar-refractivity contribution in [2.24, 2.45) is 5.73 Å². The second-order valence-electron chi connectivity index (χ2n) is 3.93. The molecule has 0 radical (unpaired) electrons. The van der Waals surface area contributed by atoms with Crippen LogP contribution in [0.5, 0.6) is 0 Å². The second kappa shape index (κ2) is 5.77. The number of aliphatic hydroxyl groups excluding tert-OH is 1. The van der Waals surface area contributed by atoms with E-state index in [-0.39, 0.29) is 0 Å². The molecular weight excluding hydrogens is 220 g/mol. The molecule has 0 aromatic heterocycles. The van der Waals surface area contributed by atoms with Gasteiger partial charge in [0.1, 0.15) is 5.54 Å². The highest BCUT2D eigenvalue weighted by atomic mass is 16.7. The Bertz CT molecular complexity index is 365. The van der Waals surface area contributed by atoms with Gasteiger partial charge >= 0.3 is 0 Å². The van der Waals surface area contributed by atoms with Crippen molar-refractivity contribution in [3.05, 3.63) is 30.3 Å². The summed E-state index contributed by atoms with van der Waals surface area (Å²) >= 11 is 0. The molecule has 3 N–H and O–H groups in total. The number of amides is 1. The summed E-state index contributed by atoms with van der Waals surface area (Å²) in [4.78, 5) is 17.4. The molecule has 0 aliphatic heterocycles. The van der Waals surface area contributed by atoms with E-state index in [1.807, 2.05) is 6.07 Å². The fourth-order valence-corrected chi connectivity index (χ4v) is 1.24. The number of carbonyl (C=O) groups is 1. The first-order valence-corrected chi connectivity index (χ1v) is 5.45. The first kappa shape index (κ1) is 13.6.